The standard InChI is InChI=1S/C87H140O42/c1-13-35(3)45(119-53(96)25-40(92)24-46(36(4)14-2)129-87(113)34-116-48(30-89)72(87)109)23-39(91)26-54(97)122-67-38(6)118-78(70(64(67)107)126-76-63(106)59(102)66(37(5)117-76)123-74-60(103)55(98)43(93)31-114-74)128-80(112)86-22-21-81(7,8)27-42(86)41-15-16-50-82(9)19-18-52(83(10,33-90)49(82)17-20-84(50,11)85(41,12)28-51(86)95)121-79-71(127-77-62(105)58(101)57(100)47(29-88)120-77)68(65(108)69(125-79)73(110)111)124-75-61(104)56(99)44(94)32-115-75/h15,33,35-40,42-52,55-72,74-79,88-89,91-95,98-109,113H,13-14,16-32,34H2,1-12H3,(H,110,111)/t35-,36-,37?,38?,39-,40-,42?,43?,44+,45-,46-,47?,48-,49?,50?,51+,52-,55-,56?,57-,58?,59?,60?,61?,62?,63-,64?,65+,66-,67+,68?,69?,70?,71?,72?,74+,75-,76-,77-,78-,79+,82-,83-,84+,85+,86+,87?/m0/s1. The lowest BCUT2D eigenvalue weighted by Gasteiger charge is -2.71. The van der Waals surface area contributed by atoms with Crippen LogP contribution in [-0.4, -0.2) is 397 Å². The van der Waals surface area contributed by atoms with E-state index in [1.807, 2.05) is 20.8 Å². The van der Waals surface area contributed by atoms with Gasteiger partial charge >= 0.3 is 23.9 Å². The van der Waals surface area contributed by atoms with E-state index in [-0.39, 0.29) is 43.9 Å². The van der Waals surface area contributed by atoms with Gasteiger partial charge in [-0.05, 0) is 123 Å². The van der Waals surface area contributed by atoms with Crippen molar-refractivity contribution in [2.75, 3.05) is 33.0 Å². The number of hydrogen-bond donors (Lipinski definition) is 21. The highest BCUT2D eigenvalue weighted by Crippen LogP contribution is 2.76. The summed E-state index contributed by atoms with van der Waals surface area (Å²) in [5.74, 6) is -9.38. The largest absolute Gasteiger partial charge is 0.479 e. The molecule has 7 saturated heterocycles. The predicted molar refractivity (Wildman–Crippen MR) is 431 cm³/mol. The number of aldehydes is 1. The minimum atomic E-state index is -2.25. The number of aliphatic hydroxyl groups excluding tert-OH is 19. The number of carbonyl (C=O) groups is 5. The van der Waals surface area contributed by atoms with E-state index in [2.05, 4.69) is 26.8 Å². The molecule has 21 N–H and O–H groups in total. The number of allylic oxidation sites excluding steroid dienone is 2. The van der Waals surface area contributed by atoms with Gasteiger partial charge in [0.2, 0.25) is 12.1 Å². The lowest BCUT2D eigenvalue weighted by Crippen LogP contribution is -2.69. The first-order chi connectivity index (χ1) is 60.5. The Labute approximate surface area is 747 Å². The quantitative estimate of drug-likeness (QED) is 0.00759. The van der Waals surface area contributed by atoms with E-state index in [4.69, 9.17) is 75.8 Å². The number of carboxylic acid groups (broad SMARTS) is 1. The summed E-state index contributed by atoms with van der Waals surface area (Å²) in [6.45, 7) is 18.8. The molecule has 0 amide bonds. The second-order valence-electron chi connectivity index (χ2n) is 40.2. The Hall–Kier alpha value is -4.03. The van der Waals surface area contributed by atoms with Crippen molar-refractivity contribution < 1.29 is 207 Å². The van der Waals surface area contributed by atoms with E-state index in [1.165, 1.54) is 13.8 Å². The van der Waals surface area contributed by atoms with Gasteiger partial charge in [-0.25, -0.2) is 4.79 Å². The minimum absolute atomic E-state index is 0.0345. The Morgan fingerprint density at radius 1 is 0.535 bits per heavy atom. The van der Waals surface area contributed by atoms with Crippen LogP contribution in [0.15, 0.2) is 11.6 Å². The third kappa shape index (κ3) is 20.1. The molecule has 20 unspecified atom stereocenters. The monoisotopic (exact) mass is 1860 g/mol. The third-order valence-electron chi connectivity index (χ3n) is 31.5. The lowest BCUT2D eigenvalue weighted by atomic mass is 9.33. The molecule has 0 spiro atoms. The number of aliphatic carboxylic acids is 1. The van der Waals surface area contributed by atoms with Crippen LogP contribution >= 0.6 is 0 Å². The number of ether oxygens (including phenoxy) is 16. The van der Waals surface area contributed by atoms with Gasteiger partial charge in [0.15, 0.2) is 49.8 Å². The molecule has 740 valence electrons. The Kier molecular flexibility index (Phi) is 33.0. The fraction of sp³-hybridized carbons (Fsp3) is 0.920. The van der Waals surface area contributed by atoms with E-state index in [9.17, 15) is 126 Å². The number of fused-ring (bicyclic) bond motifs is 7. The summed E-state index contributed by atoms with van der Waals surface area (Å²) in [5.41, 5.74) is -5.35. The zero-order chi connectivity index (χ0) is 94.9. The molecule has 42 heteroatoms. The summed E-state index contributed by atoms with van der Waals surface area (Å²) in [5, 5.41) is 234. The summed E-state index contributed by atoms with van der Waals surface area (Å²) in [7, 11) is 0. The molecule has 42 nitrogen and oxygen atoms in total. The fourth-order valence-corrected chi connectivity index (χ4v) is 22.9. The molecule has 12 rings (SSSR count). The van der Waals surface area contributed by atoms with Gasteiger partial charge in [0.05, 0.1) is 87.4 Å². The smallest absolute Gasteiger partial charge is 0.335 e. The van der Waals surface area contributed by atoms with Crippen LogP contribution in [0.4, 0.5) is 0 Å². The van der Waals surface area contributed by atoms with Gasteiger partial charge in [0.25, 0.3) is 0 Å². The number of rotatable bonds is 32. The number of aliphatic hydroxyl groups is 20. The molecule has 0 bridgehead atoms. The maximum Gasteiger partial charge on any atom is 0.335 e. The molecule has 7 heterocycles. The Morgan fingerprint density at radius 3 is 1.68 bits per heavy atom. The molecule has 0 aromatic rings. The van der Waals surface area contributed by atoms with Crippen molar-refractivity contribution in [3.63, 3.8) is 0 Å². The van der Waals surface area contributed by atoms with Crippen molar-refractivity contribution in [3.8, 4) is 0 Å². The second kappa shape index (κ2) is 40.9. The molecule has 5 aliphatic carbocycles. The maximum absolute atomic E-state index is 16.2. The first kappa shape index (κ1) is 104. The third-order valence-corrected chi connectivity index (χ3v) is 31.5. The number of esters is 3. The van der Waals surface area contributed by atoms with Crippen LogP contribution in [0, 0.1) is 62.1 Å². The van der Waals surface area contributed by atoms with Gasteiger partial charge in [0, 0.05) is 12.8 Å². The lowest BCUT2D eigenvalue weighted by molar-refractivity contribution is -0.391. The van der Waals surface area contributed by atoms with Crippen molar-refractivity contribution in [2.45, 2.75) is 406 Å². The van der Waals surface area contributed by atoms with Crippen LogP contribution in [0.5, 0.6) is 0 Å². The summed E-state index contributed by atoms with van der Waals surface area (Å²) in [4.78, 5) is 71.7. The Balaban J connectivity index is 0.786. The Bertz CT molecular complexity index is 3810. The van der Waals surface area contributed by atoms with Gasteiger partial charge in [-0.1, -0.05) is 93.7 Å². The van der Waals surface area contributed by atoms with E-state index in [0.29, 0.717) is 51.4 Å². The van der Waals surface area contributed by atoms with Crippen LogP contribution in [0.2, 0.25) is 0 Å². The van der Waals surface area contributed by atoms with E-state index < -0.39 is 347 Å². The minimum Gasteiger partial charge on any atom is -0.479 e. The zero-order valence-corrected chi connectivity index (χ0v) is 74.9. The van der Waals surface area contributed by atoms with Gasteiger partial charge in [-0.2, -0.15) is 0 Å². The summed E-state index contributed by atoms with van der Waals surface area (Å²) in [6, 6.07) is 0. The van der Waals surface area contributed by atoms with Gasteiger partial charge < -0.3 is 188 Å². The maximum atomic E-state index is 16.2. The van der Waals surface area contributed by atoms with Crippen LogP contribution in [0.3, 0.4) is 0 Å². The van der Waals surface area contributed by atoms with Crippen LogP contribution in [0.25, 0.3) is 0 Å². The molecule has 4 saturated carbocycles. The summed E-state index contributed by atoms with van der Waals surface area (Å²) in [6.07, 6.45) is -59.0. The summed E-state index contributed by atoms with van der Waals surface area (Å²) >= 11 is 0. The average molecular weight is 1860 g/mol. The molecule has 11 fully saturated rings. The van der Waals surface area contributed by atoms with Crippen LogP contribution < -0.4 is 0 Å². The number of carbonyl (C=O) groups excluding carboxylic acids is 4. The molecule has 0 aromatic carbocycles. The van der Waals surface area contributed by atoms with Crippen molar-refractivity contribution in [1.82, 2.24) is 0 Å². The summed E-state index contributed by atoms with van der Waals surface area (Å²) < 4.78 is 96.3. The van der Waals surface area contributed by atoms with Gasteiger partial charge in [-0.15, -0.1) is 0 Å². The molecule has 129 heavy (non-hydrogen) atoms. The van der Waals surface area contributed by atoms with Crippen LogP contribution in [-0.2, 0) is 99.8 Å². The molecule has 0 aromatic heterocycles. The first-order valence-electron chi connectivity index (χ1n) is 45.4. The van der Waals surface area contributed by atoms with Crippen molar-refractivity contribution in [1.29, 1.82) is 0 Å². The second-order valence-corrected chi connectivity index (χ2v) is 40.2. The molecule has 0 radical (unpaired) electrons. The first-order valence-corrected chi connectivity index (χ1v) is 45.4. The highest BCUT2D eigenvalue weighted by atomic mass is 16.8. The zero-order valence-electron chi connectivity index (χ0n) is 74.9. The predicted octanol–water partition coefficient (Wildman–Crippen LogP) is -4.15. The van der Waals surface area contributed by atoms with Gasteiger partial charge in [-0.3, -0.25) is 14.4 Å². The molecule has 12 aliphatic rings. The van der Waals surface area contributed by atoms with E-state index in [0.717, 1.165) is 11.9 Å². The SMILES string of the molecule is CC[C@H](C)[C@H](C[C@H](O)CC(=O)O[C@@H]1C(C)O[C@@H](OC(=O)[C@]23CCC(C)(C)CC2C2=CCC4[C@@]5(C)CC[C@H](O[C@@H]6OC(C(=O)O)[C@H](O)C(O[C@@H]7OC[C@@H](O)C(O)C7O)C6O[C@@H]6OC(CO)[C@H](O)C(O)C6O)[C@@](C)(C=O)C5CC[C@@]4(C)[C@]2(C)C[C@H]3O)C(O[C@@H]2OC(C)[C@H](O[C@H]3OCC(O)[C@H](O)C3O)C(O)[C@@H]2O)C1O)OC(=O)C[C@@H](O)C[C@H](OC1(O)CO[C@@H](CO)C1O)[C@@H](C)CC. The van der Waals surface area contributed by atoms with Crippen molar-refractivity contribution in [2.24, 2.45) is 62.1 Å². The highest BCUT2D eigenvalue weighted by Gasteiger charge is 2.74. The molecule has 7 aliphatic heterocycles. The molecule has 47 atom stereocenters. The fourth-order valence-electron chi connectivity index (χ4n) is 22.9. The van der Waals surface area contributed by atoms with Crippen molar-refractivity contribution >= 4 is 30.2 Å². The normalized spacial score (nSPS) is 48.4. The van der Waals surface area contributed by atoms with Gasteiger partial charge in [0.1, 0.15) is 140 Å². The van der Waals surface area contributed by atoms with E-state index in [1.54, 1.807) is 27.7 Å². The highest BCUT2D eigenvalue weighted by molar-refractivity contribution is 5.80. The average Bonchev–Trinajstić information content (AvgIpc) is 0.716. The topological polar surface area (TPSA) is 658 Å². The van der Waals surface area contributed by atoms with E-state index >= 15 is 4.79 Å². The molecular formula is C87H140O42. The Morgan fingerprint density at radius 2 is 1.09 bits per heavy atom. The molecular weight excluding hydrogens is 1720 g/mol. The van der Waals surface area contributed by atoms with Crippen LogP contribution in [0.1, 0.15) is 179 Å². The van der Waals surface area contributed by atoms with Crippen molar-refractivity contribution in [3.05, 3.63) is 11.6 Å². The number of carboxylic acids is 1. The number of hydrogen-bond acceptors (Lipinski definition) is 41.